The number of amides is 1. The summed E-state index contributed by atoms with van der Waals surface area (Å²) in [5.74, 6) is 0.401. The third-order valence-corrected chi connectivity index (χ3v) is 3.73. The summed E-state index contributed by atoms with van der Waals surface area (Å²) in [4.78, 5) is 14.1. The van der Waals surface area contributed by atoms with Crippen LogP contribution >= 0.6 is 0 Å². The molecule has 22 heavy (non-hydrogen) atoms. The third-order valence-electron chi connectivity index (χ3n) is 3.73. The fraction of sp³-hybridized carbons (Fsp3) is 0.467. The number of carbonyl (C=O) groups is 1. The van der Waals surface area contributed by atoms with Gasteiger partial charge < -0.3 is 10.6 Å². The molecular weight excluding hydrogens is 280 g/mol. The predicted octanol–water partition coefficient (Wildman–Crippen LogP) is 1.11. The molecule has 0 saturated heterocycles. The molecule has 0 aliphatic heterocycles. The van der Waals surface area contributed by atoms with Crippen molar-refractivity contribution in [1.82, 2.24) is 25.1 Å². The monoisotopic (exact) mass is 302 g/mol. The van der Waals surface area contributed by atoms with E-state index in [1.54, 1.807) is 28.8 Å². The molecule has 1 unspecified atom stereocenters. The van der Waals surface area contributed by atoms with Gasteiger partial charge in [0.2, 0.25) is 0 Å². The molecule has 0 fully saturated rings. The van der Waals surface area contributed by atoms with Crippen molar-refractivity contribution in [1.29, 1.82) is 0 Å². The number of hydrogen-bond acceptors (Lipinski definition) is 5. The van der Waals surface area contributed by atoms with E-state index < -0.39 is 0 Å². The summed E-state index contributed by atoms with van der Waals surface area (Å²) in [6, 6.07) is 7.29. The number of rotatable bonds is 6. The summed E-state index contributed by atoms with van der Waals surface area (Å²) in [5, 5.41) is 11.0. The van der Waals surface area contributed by atoms with Crippen LogP contribution in [-0.4, -0.2) is 50.6 Å². The molecule has 2 rings (SSSR count). The molecule has 0 aliphatic carbocycles. The van der Waals surface area contributed by atoms with E-state index in [0.29, 0.717) is 18.0 Å². The van der Waals surface area contributed by atoms with E-state index >= 15 is 0 Å². The fourth-order valence-electron chi connectivity index (χ4n) is 2.03. The number of benzene rings is 1. The van der Waals surface area contributed by atoms with Gasteiger partial charge in [-0.2, -0.15) is 0 Å². The van der Waals surface area contributed by atoms with Crippen molar-refractivity contribution in [3.8, 4) is 5.69 Å². The zero-order valence-corrected chi connectivity index (χ0v) is 13.2. The first-order valence-electron chi connectivity index (χ1n) is 7.33. The zero-order valence-electron chi connectivity index (χ0n) is 13.2. The lowest BCUT2D eigenvalue weighted by molar-refractivity contribution is 0.0789. The molecule has 7 nitrogen and oxygen atoms in total. The van der Waals surface area contributed by atoms with Crippen molar-refractivity contribution in [2.45, 2.75) is 26.3 Å². The van der Waals surface area contributed by atoms with E-state index in [1.807, 2.05) is 12.1 Å². The molecule has 1 aromatic carbocycles. The number of aromatic nitrogens is 4. The van der Waals surface area contributed by atoms with Crippen LogP contribution in [0.3, 0.4) is 0 Å². The molecule has 1 amide bonds. The van der Waals surface area contributed by atoms with Crippen molar-refractivity contribution in [2.24, 2.45) is 11.7 Å². The Morgan fingerprint density at radius 1 is 1.32 bits per heavy atom. The van der Waals surface area contributed by atoms with E-state index in [1.165, 1.54) is 6.33 Å². The molecule has 1 atom stereocenters. The molecule has 2 N–H and O–H groups in total. The molecule has 118 valence electrons. The lowest BCUT2D eigenvalue weighted by atomic mass is 10.0. The maximum atomic E-state index is 12.4. The molecule has 1 heterocycles. The van der Waals surface area contributed by atoms with Gasteiger partial charge in [-0.3, -0.25) is 4.79 Å². The van der Waals surface area contributed by atoms with Gasteiger partial charge in [0.1, 0.15) is 6.33 Å². The lowest BCUT2D eigenvalue weighted by Crippen LogP contribution is -2.34. The van der Waals surface area contributed by atoms with Crippen LogP contribution in [0.4, 0.5) is 0 Å². The Kier molecular flexibility index (Phi) is 5.21. The van der Waals surface area contributed by atoms with Crippen LogP contribution < -0.4 is 5.73 Å². The molecule has 2 aromatic rings. The van der Waals surface area contributed by atoms with Crippen molar-refractivity contribution in [3.63, 3.8) is 0 Å². The Bertz CT molecular complexity index is 593. The van der Waals surface area contributed by atoms with Crippen LogP contribution in [-0.2, 0) is 0 Å². The van der Waals surface area contributed by atoms with Gasteiger partial charge in [0.15, 0.2) is 0 Å². The lowest BCUT2D eigenvalue weighted by Gasteiger charge is -2.21. The molecule has 1 aromatic heterocycles. The molecule has 0 bridgehead atoms. The second-order valence-corrected chi connectivity index (χ2v) is 5.72. The van der Waals surface area contributed by atoms with E-state index in [-0.39, 0.29) is 11.9 Å². The Morgan fingerprint density at radius 2 is 2.00 bits per heavy atom. The van der Waals surface area contributed by atoms with E-state index in [2.05, 4.69) is 29.4 Å². The minimum Gasteiger partial charge on any atom is -0.342 e. The number of nitrogens with zero attached hydrogens (tertiary/aromatic N) is 5. The van der Waals surface area contributed by atoms with Gasteiger partial charge in [-0.05, 0) is 47.0 Å². The molecule has 0 radical (unpaired) electrons. The maximum absolute atomic E-state index is 12.4. The average molecular weight is 302 g/mol. The standard InChI is InChI=1S/C15H22N6O/c1-11(2)14(16)8-9-20(3)15(22)12-4-6-13(7-5-12)21-10-17-18-19-21/h4-7,10-11,14H,8-9,16H2,1-3H3. The summed E-state index contributed by atoms with van der Waals surface area (Å²) >= 11 is 0. The largest absolute Gasteiger partial charge is 0.342 e. The predicted molar refractivity (Wildman–Crippen MR) is 83.5 cm³/mol. The first-order valence-corrected chi connectivity index (χ1v) is 7.33. The highest BCUT2D eigenvalue weighted by Crippen LogP contribution is 2.11. The molecule has 0 saturated carbocycles. The minimum absolute atomic E-state index is 0.0146. The van der Waals surface area contributed by atoms with Crippen LogP contribution in [0.15, 0.2) is 30.6 Å². The van der Waals surface area contributed by atoms with Gasteiger partial charge in [-0.1, -0.05) is 13.8 Å². The number of tetrazole rings is 1. The highest BCUT2D eigenvalue weighted by Gasteiger charge is 2.14. The van der Waals surface area contributed by atoms with E-state index in [0.717, 1.165) is 12.1 Å². The first kappa shape index (κ1) is 16.1. The Balaban J connectivity index is 1.97. The van der Waals surface area contributed by atoms with Crippen LogP contribution in [0.2, 0.25) is 0 Å². The summed E-state index contributed by atoms with van der Waals surface area (Å²) < 4.78 is 1.54. The van der Waals surface area contributed by atoms with Crippen molar-refractivity contribution >= 4 is 5.91 Å². The summed E-state index contributed by atoms with van der Waals surface area (Å²) in [6.45, 7) is 4.82. The van der Waals surface area contributed by atoms with Gasteiger partial charge in [-0.25, -0.2) is 4.68 Å². The second-order valence-electron chi connectivity index (χ2n) is 5.72. The summed E-state index contributed by atoms with van der Waals surface area (Å²) in [5.41, 5.74) is 7.47. The highest BCUT2D eigenvalue weighted by atomic mass is 16.2. The second kappa shape index (κ2) is 7.13. The summed E-state index contributed by atoms with van der Waals surface area (Å²) in [7, 11) is 1.80. The minimum atomic E-state index is -0.0146. The van der Waals surface area contributed by atoms with Gasteiger partial charge >= 0.3 is 0 Å². The molecular formula is C15H22N6O. The molecule has 0 aliphatic rings. The fourth-order valence-corrected chi connectivity index (χ4v) is 2.03. The van der Waals surface area contributed by atoms with Crippen molar-refractivity contribution < 1.29 is 4.79 Å². The Labute approximate surface area is 130 Å². The SMILES string of the molecule is CC(C)C(N)CCN(C)C(=O)c1ccc(-n2cnnn2)cc1. The van der Waals surface area contributed by atoms with Gasteiger partial charge in [0.25, 0.3) is 5.91 Å². The van der Waals surface area contributed by atoms with E-state index in [4.69, 9.17) is 5.73 Å². The van der Waals surface area contributed by atoms with Crippen LogP contribution in [0.25, 0.3) is 5.69 Å². The quantitative estimate of drug-likeness (QED) is 0.863. The highest BCUT2D eigenvalue weighted by molar-refractivity contribution is 5.94. The first-order chi connectivity index (χ1) is 10.5. The maximum Gasteiger partial charge on any atom is 0.253 e. The summed E-state index contributed by atoms with van der Waals surface area (Å²) in [6.07, 6.45) is 2.30. The van der Waals surface area contributed by atoms with Gasteiger partial charge in [-0.15, -0.1) is 5.10 Å². The Hall–Kier alpha value is -2.28. The van der Waals surface area contributed by atoms with Crippen LogP contribution in [0.1, 0.15) is 30.6 Å². The normalized spacial score (nSPS) is 12.4. The zero-order chi connectivity index (χ0) is 16.1. The molecule has 0 spiro atoms. The van der Waals surface area contributed by atoms with Gasteiger partial charge in [0, 0.05) is 25.2 Å². The van der Waals surface area contributed by atoms with Crippen LogP contribution in [0, 0.1) is 5.92 Å². The van der Waals surface area contributed by atoms with Crippen molar-refractivity contribution in [3.05, 3.63) is 36.2 Å². The van der Waals surface area contributed by atoms with Crippen molar-refractivity contribution in [2.75, 3.05) is 13.6 Å². The third kappa shape index (κ3) is 3.88. The molecule has 7 heteroatoms. The number of nitrogens with two attached hydrogens (primary N) is 1. The average Bonchev–Trinajstić information content (AvgIpc) is 3.06. The van der Waals surface area contributed by atoms with E-state index in [9.17, 15) is 4.79 Å². The Morgan fingerprint density at radius 3 is 2.55 bits per heavy atom. The smallest absolute Gasteiger partial charge is 0.253 e. The van der Waals surface area contributed by atoms with Gasteiger partial charge in [0.05, 0.1) is 5.69 Å². The number of hydrogen-bond donors (Lipinski definition) is 1. The topological polar surface area (TPSA) is 89.9 Å². The number of carbonyl (C=O) groups excluding carboxylic acids is 1. The van der Waals surface area contributed by atoms with Crippen LogP contribution in [0.5, 0.6) is 0 Å².